The summed E-state index contributed by atoms with van der Waals surface area (Å²) in [6.07, 6.45) is 6.69. The largest absolute Gasteiger partial charge is 0.465 e. The molecule has 1 fully saturated rings. The molecule has 164 valence electrons. The van der Waals surface area contributed by atoms with E-state index in [-0.39, 0.29) is 27.9 Å². The molecule has 0 bridgehead atoms. The molecule has 0 saturated heterocycles. The lowest BCUT2D eigenvalue weighted by atomic mass is 10.1. The van der Waals surface area contributed by atoms with E-state index < -0.39 is 16.8 Å². The first-order valence-electron chi connectivity index (χ1n) is 10.1. The van der Waals surface area contributed by atoms with Gasteiger partial charge in [0.1, 0.15) is 5.02 Å². The summed E-state index contributed by atoms with van der Waals surface area (Å²) in [6.45, 7) is 0. The van der Waals surface area contributed by atoms with Crippen molar-refractivity contribution < 1.29 is 19.2 Å². The third-order valence-corrected chi connectivity index (χ3v) is 5.72. The Labute approximate surface area is 185 Å². The lowest BCUT2D eigenvalue weighted by molar-refractivity contribution is -0.384. The van der Waals surface area contributed by atoms with E-state index in [1.807, 2.05) is 0 Å². The molecule has 9 heteroatoms. The smallest absolute Gasteiger partial charge is 0.337 e. The fraction of sp³-hybridized carbons (Fsp3) is 0.364. The van der Waals surface area contributed by atoms with Crippen LogP contribution in [0.3, 0.4) is 0 Å². The summed E-state index contributed by atoms with van der Waals surface area (Å²) in [5.74, 6) is -1.15. The number of ether oxygens (including phenoxy) is 1. The average molecular weight is 446 g/mol. The number of nitrogens with zero attached hydrogens (tertiary/aromatic N) is 1. The van der Waals surface area contributed by atoms with Crippen LogP contribution in [-0.2, 0) is 4.74 Å². The third-order valence-electron chi connectivity index (χ3n) is 5.32. The number of nitro groups is 1. The van der Waals surface area contributed by atoms with Crippen LogP contribution in [0, 0.1) is 10.1 Å². The van der Waals surface area contributed by atoms with Crippen molar-refractivity contribution in [1.29, 1.82) is 0 Å². The van der Waals surface area contributed by atoms with Gasteiger partial charge in [-0.2, -0.15) is 0 Å². The van der Waals surface area contributed by atoms with E-state index in [0.29, 0.717) is 11.4 Å². The van der Waals surface area contributed by atoms with E-state index in [1.165, 1.54) is 44.2 Å². The van der Waals surface area contributed by atoms with E-state index in [4.69, 9.17) is 16.3 Å². The maximum atomic E-state index is 12.9. The summed E-state index contributed by atoms with van der Waals surface area (Å²) < 4.78 is 4.78. The second-order valence-electron chi connectivity index (χ2n) is 7.43. The summed E-state index contributed by atoms with van der Waals surface area (Å²) in [6, 6.07) is 9.16. The first kappa shape index (κ1) is 22.6. The summed E-state index contributed by atoms with van der Waals surface area (Å²) >= 11 is 6.09. The molecule has 2 N–H and O–H groups in total. The predicted octanol–water partition coefficient (Wildman–Crippen LogP) is 5.42. The highest BCUT2D eigenvalue weighted by Gasteiger charge is 2.22. The lowest BCUT2D eigenvalue weighted by Crippen LogP contribution is -2.21. The number of hydrogen-bond donors (Lipinski definition) is 2. The molecule has 0 unspecified atom stereocenters. The minimum Gasteiger partial charge on any atom is -0.465 e. The second kappa shape index (κ2) is 10.3. The molecule has 31 heavy (non-hydrogen) atoms. The van der Waals surface area contributed by atoms with Gasteiger partial charge in [-0.3, -0.25) is 14.9 Å². The van der Waals surface area contributed by atoms with Crippen LogP contribution in [0.5, 0.6) is 0 Å². The number of halogens is 1. The van der Waals surface area contributed by atoms with Crippen molar-refractivity contribution in [2.45, 2.75) is 44.6 Å². The molecule has 0 radical (unpaired) electrons. The van der Waals surface area contributed by atoms with Crippen LogP contribution in [0.2, 0.25) is 5.02 Å². The van der Waals surface area contributed by atoms with E-state index in [9.17, 15) is 19.7 Å². The summed E-state index contributed by atoms with van der Waals surface area (Å²) in [5.41, 5.74) is 0.928. The standard InChI is InChI=1S/C22H24ClN3O5/c1-31-22(28)14-11-12-17(24-15-7-4-2-3-5-8-15)18(13-14)25-21(27)16-9-6-10-19(20(16)23)26(29)30/h6,9-13,15,24H,2-5,7-8H2,1H3,(H,25,27). The first-order chi connectivity index (χ1) is 14.9. The van der Waals surface area contributed by atoms with Gasteiger partial charge >= 0.3 is 5.97 Å². The highest BCUT2D eigenvalue weighted by molar-refractivity contribution is 6.36. The summed E-state index contributed by atoms with van der Waals surface area (Å²) in [4.78, 5) is 35.4. The number of rotatable bonds is 6. The Kier molecular flexibility index (Phi) is 7.46. The zero-order valence-corrected chi connectivity index (χ0v) is 17.9. The molecular weight excluding hydrogens is 422 g/mol. The molecule has 3 rings (SSSR count). The SMILES string of the molecule is COC(=O)c1ccc(NC2CCCCCC2)c(NC(=O)c2cccc([N+](=O)[O-])c2Cl)c1. The first-order valence-corrected chi connectivity index (χ1v) is 10.5. The molecule has 1 aliphatic carbocycles. The highest BCUT2D eigenvalue weighted by Crippen LogP contribution is 2.31. The number of carbonyl (C=O) groups excluding carboxylic acids is 2. The van der Waals surface area contributed by atoms with Gasteiger partial charge in [0.15, 0.2) is 0 Å². The molecule has 1 amide bonds. The van der Waals surface area contributed by atoms with Crippen LogP contribution in [0.25, 0.3) is 0 Å². The average Bonchev–Trinajstić information content (AvgIpc) is 3.03. The minimum absolute atomic E-state index is 0.0280. The minimum atomic E-state index is -0.643. The van der Waals surface area contributed by atoms with Crippen molar-refractivity contribution in [1.82, 2.24) is 0 Å². The Morgan fingerprint density at radius 1 is 1.10 bits per heavy atom. The Morgan fingerprint density at radius 3 is 2.45 bits per heavy atom. The monoisotopic (exact) mass is 445 g/mol. The molecule has 0 aliphatic heterocycles. The van der Waals surface area contributed by atoms with Crippen LogP contribution in [0.1, 0.15) is 59.2 Å². The number of nitrogens with one attached hydrogen (secondary N) is 2. The van der Waals surface area contributed by atoms with Crippen molar-refractivity contribution in [3.8, 4) is 0 Å². The molecule has 2 aromatic carbocycles. The van der Waals surface area contributed by atoms with Crippen molar-refractivity contribution >= 4 is 40.5 Å². The van der Waals surface area contributed by atoms with Crippen LogP contribution in [-0.4, -0.2) is 30.0 Å². The van der Waals surface area contributed by atoms with Gasteiger partial charge in [-0.05, 0) is 37.1 Å². The number of amides is 1. The predicted molar refractivity (Wildman–Crippen MR) is 119 cm³/mol. The Morgan fingerprint density at radius 2 is 1.81 bits per heavy atom. The number of esters is 1. The zero-order chi connectivity index (χ0) is 22.4. The Bertz CT molecular complexity index is 987. The summed E-state index contributed by atoms with van der Waals surface area (Å²) in [7, 11) is 1.28. The highest BCUT2D eigenvalue weighted by atomic mass is 35.5. The van der Waals surface area contributed by atoms with Crippen molar-refractivity contribution in [3.63, 3.8) is 0 Å². The van der Waals surface area contributed by atoms with Crippen LogP contribution in [0.15, 0.2) is 36.4 Å². The van der Waals surface area contributed by atoms with Crippen molar-refractivity contribution in [3.05, 3.63) is 62.7 Å². The molecule has 0 aromatic heterocycles. The molecule has 1 aliphatic rings. The molecular formula is C22H24ClN3O5. The van der Waals surface area contributed by atoms with Crippen LogP contribution < -0.4 is 10.6 Å². The van der Waals surface area contributed by atoms with Gasteiger partial charge in [0.2, 0.25) is 0 Å². The quantitative estimate of drug-likeness (QED) is 0.266. The second-order valence-corrected chi connectivity index (χ2v) is 7.81. The maximum absolute atomic E-state index is 12.9. The molecule has 1 saturated carbocycles. The Hall–Kier alpha value is -3.13. The van der Waals surface area contributed by atoms with E-state index in [0.717, 1.165) is 25.7 Å². The van der Waals surface area contributed by atoms with Gasteiger partial charge in [-0.15, -0.1) is 0 Å². The third kappa shape index (κ3) is 5.52. The fourth-order valence-electron chi connectivity index (χ4n) is 3.69. The molecule has 0 heterocycles. The molecule has 0 spiro atoms. The van der Waals surface area contributed by atoms with Gasteiger partial charge in [0.05, 0.1) is 34.5 Å². The lowest BCUT2D eigenvalue weighted by Gasteiger charge is -2.21. The van der Waals surface area contributed by atoms with Gasteiger partial charge in [0.25, 0.3) is 11.6 Å². The van der Waals surface area contributed by atoms with Gasteiger partial charge < -0.3 is 15.4 Å². The number of nitro benzene ring substituents is 1. The molecule has 0 atom stereocenters. The maximum Gasteiger partial charge on any atom is 0.337 e. The Balaban J connectivity index is 1.91. The zero-order valence-electron chi connectivity index (χ0n) is 17.2. The molecule has 8 nitrogen and oxygen atoms in total. The van der Waals surface area contributed by atoms with E-state index in [1.54, 1.807) is 12.1 Å². The van der Waals surface area contributed by atoms with E-state index >= 15 is 0 Å². The van der Waals surface area contributed by atoms with Crippen molar-refractivity contribution in [2.24, 2.45) is 0 Å². The van der Waals surface area contributed by atoms with Gasteiger partial charge in [-0.1, -0.05) is 43.4 Å². The number of anilines is 2. The van der Waals surface area contributed by atoms with Crippen molar-refractivity contribution in [2.75, 3.05) is 17.7 Å². The topological polar surface area (TPSA) is 111 Å². The normalized spacial score (nSPS) is 14.4. The number of methoxy groups -OCH3 is 1. The fourth-order valence-corrected chi connectivity index (χ4v) is 3.97. The van der Waals surface area contributed by atoms with Gasteiger partial charge in [-0.25, -0.2) is 4.79 Å². The number of carbonyl (C=O) groups is 2. The van der Waals surface area contributed by atoms with Crippen LogP contribution in [0.4, 0.5) is 17.1 Å². The number of hydrogen-bond acceptors (Lipinski definition) is 6. The van der Waals surface area contributed by atoms with Crippen LogP contribution >= 0.6 is 11.6 Å². The number of benzene rings is 2. The molecule has 2 aromatic rings. The van der Waals surface area contributed by atoms with E-state index in [2.05, 4.69) is 10.6 Å². The summed E-state index contributed by atoms with van der Waals surface area (Å²) in [5, 5.41) is 17.1. The van der Waals surface area contributed by atoms with Gasteiger partial charge in [0, 0.05) is 12.1 Å².